The van der Waals surface area contributed by atoms with Gasteiger partial charge in [-0.2, -0.15) is 0 Å². The van der Waals surface area contributed by atoms with Crippen molar-refractivity contribution in [2.45, 2.75) is 200 Å². The van der Waals surface area contributed by atoms with Crippen LogP contribution in [0.4, 0.5) is 0 Å². The Hall–Kier alpha value is -2.89. The summed E-state index contributed by atoms with van der Waals surface area (Å²) < 4.78 is 16.6. The average molecular weight is 727 g/mol. The van der Waals surface area contributed by atoms with E-state index in [1.165, 1.54) is 38.5 Å². The van der Waals surface area contributed by atoms with Gasteiger partial charge in [0, 0.05) is 19.3 Å². The standard InChI is InChI=1S/C46H78O6/c1-4-7-10-13-16-19-21-23-25-27-30-33-36-39-45(48)51-42-43(41-50-44(47)38-35-32-29-18-15-12-9-6-3)52-46(49)40-37-34-31-28-26-24-22-20-17-14-11-8-5-2/h7,10-11,14,16,19-20,22-23,25,43H,4-6,8-9,12-13,15,17-18,21,24,26-42H2,1-3H3/b10-7-,14-11-,19-16-,22-20-,25-23-. The molecule has 0 bridgehead atoms. The van der Waals surface area contributed by atoms with E-state index in [9.17, 15) is 14.4 Å². The minimum Gasteiger partial charge on any atom is -0.462 e. The number of esters is 3. The molecule has 6 nitrogen and oxygen atoms in total. The van der Waals surface area contributed by atoms with E-state index in [-0.39, 0.29) is 31.1 Å². The van der Waals surface area contributed by atoms with Crippen molar-refractivity contribution < 1.29 is 28.6 Å². The summed E-state index contributed by atoms with van der Waals surface area (Å²) in [5.74, 6) is -0.946. The lowest BCUT2D eigenvalue weighted by molar-refractivity contribution is -0.167. The second-order valence-electron chi connectivity index (χ2n) is 13.9. The fraction of sp³-hybridized carbons (Fsp3) is 0.717. The molecule has 0 amide bonds. The van der Waals surface area contributed by atoms with Crippen LogP contribution in [0.5, 0.6) is 0 Å². The fourth-order valence-corrected chi connectivity index (χ4v) is 5.55. The Morgan fingerprint density at radius 3 is 1.27 bits per heavy atom. The number of rotatable bonds is 37. The molecule has 0 saturated heterocycles. The third-order valence-electron chi connectivity index (χ3n) is 8.74. The molecule has 0 aromatic carbocycles. The topological polar surface area (TPSA) is 78.9 Å². The molecule has 298 valence electrons. The van der Waals surface area contributed by atoms with Crippen LogP contribution in [0.25, 0.3) is 0 Å². The summed E-state index contributed by atoms with van der Waals surface area (Å²) in [6.07, 6.45) is 47.8. The molecule has 0 aromatic rings. The van der Waals surface area contributed by atoms with Crippen molar-refractivity contribution in [1.29, 1.82) is 0 Å². The van der Waals surface area contributed by atoms with Gasteiger partial charge in [-0.25, -0.2) is 0 Å². The van der Waals surface area contributed by atoms with E-state index in [1.54, 1.807) is 0 Å². The Morgan fingerprint density at radius 1 is 0.404 bits per heavy atom. The Labute approximate surface area is 320 Å². The van der Waals surface area contributed by atoms with Crippen LogP contribution in [0.2, 0.25) is 0 Å². The van der Waals surface area contributed by atoms with Gasteiger partial charge in [0.15, 0.2) is 6.10 Å². The van der Waals surface area contributed by atoms with Crippen LogP contribution in [-0.2, 0) is 28.6 Å². The second kappa shape index (κ2) is 40.9. The van der Waals surface area contributed by atoms with Gasteiger partial charge < -0.3 is 14.2 Å². The van der Waals surface area contributed by atoms with Crippen molar-refractivity contribution in [2.75, 3.05) is 13.2 Å². The first-order chi connectivity index (χ1) is 25.5. The zero-order valence-electron chi connectivity index (χ0n) is 33.8. The van der Waals surface area contributed by atoms with E-state index >= 15 is 0 Å². The monoisotopic (exact) mass is 727 g/mol. The maximum absolute atomic E-state index is 12.7. The third-order valence-corrected chi connectivity index (χ3v) is 8.74. The number of hydrogen-bond donors (Lipinski definition) is 0. The number of unbranched alkanes of at least 4 members (excludes halogenated alkanes) is 16. The molecule has 52 heavy (non-hydrogen) atoms. The van der Waals surface area contributed by atoms with Gasteiger partial charge in [0.2, 0.25) is 0 Å². The summed E-state index contributed by atoms with van der Waals surface area (Å²) in [6.45, 7) is 6.36. The third kappa shape index (κ3) is 38.3. The predicted molar refractivity (Wildman–Crippen MR) is 219 cm³/mol. The van der Waals surface area contributed by atoms with Crippen LogP contribution in [0.1, 0.15) is 194 Å². The van der Waals surface area contributed by atoms with Gasteiger partial charge in [-0.3, -0.25) is 14.4 Å². The maximum atomic E-state index is 12.7. The highest BCUT2D eigenvalue weighted by atomic mass is 16.6. The molecule has 6 heteroatoms. The first-order valence-corrected chi connectivity index (χ1v) is 21.3. The van der Waals surface area contributed by atoms with Gasteiger partial charge in [0.25, 0.3) is 0 Å². The maximum Gasteiger partial charge on any atom is 0.306 e. The van der Waals surface area contributed by atoms with E-state index in [4.69, 9.17) is 14.2 Å². The zero-order chi connectivity index (χ0) is 38.0. The lowest BCUT2D eigenvalue weighted by atomic mass is 10.1. The Balaban J connectivity index is 4.43. The van der Waals surface area contributed by atoms with Crippen LogP contribution < -0.4 is 0 Å². The van der Waals surface area contributed by atoms with Crippen molar-refractivity contribution >= 4 is 17.9 Å². The largest absolute Gasteiger partial charge is 0.462 e. The Bertz CT molecular complexity index is 975. The van der Waals surface area contributed by atoms with Crippen molar-refractivity contribution in [1.82, 2.24) is 0 Å². The summed E-state index contributed by atoms with van der Waals surface area (Å²) in [4.78, 5) is 37.5. The number of carbonyl (C=O) groups is 3. The number of carbonyl (C=O) groups excluding carboxylic acids is 3. The molecule has 0 aliphatic heterocycles. The molecular weight excluding hydrogens is 648 g/mol. The summed E-state index contributed by atoms with van der Waals surface area (Å²) in [6, 6.07) is 0. The highest BCUT2D eigenvalue weighted by Crippen LogP contribution is 2.12. The molecule has 0 aliphatic carbocycles. The van der Waals surface area contributed by atoms with Gasteiger partial charge in [0.1, 0.15) is 13.2 Å². The molecule has 0 N–H and O–H groups in total. The number of ether oxygens (including phenoxy) is 3. The lowest BCUT2D eigenvalue weighted by Crippen LogP contribution is -2.30. The van der Waals surface area contributed by atoms with Gasteiger partial charge in [-0.1, -0.05) is 159 Å². The highest BCUT2D eigenvalue weighted by Gasteiger charge is 2.19. The molecule has 0 spiro atoms. The Kier molecular flexibility index (Phi) is 38.6. The summed E-state index contributed by atoms with van der Waals surface area (Å²) in [5, 5.41) is 0. The molecule has 0 radical (unpaired) electrons. The number of hydrogen-bond acceptors (Lipinski definition) is 6. The SMILES string of the molecule is CC/C=C\C/C=C\C/C=C\CCCCCC(=O)OCC(COC(=O)CCCCCCCCCC)OC(=O)CCCCCCC/C=C\C/C=C\CCC. The second-order valence-corrected chi connectivity index (χ2v) is 13.9. The molecule has 1 atom stereocenters. The molecule has 1 unspecified atom stereocenters. The van der Waals surface area contributed by atoms with Crippen LogP contribution >= 0.6 is 0 Å². The van der Waals surface area contributed by atoms with E-state index in [0.29, 0.717) is 19.3 Å². The Morgan fingerprint density at radius 2 is 0.788 bits per heavy atom. The predicted octanol–water partition coefficient (Wildman–Crippen LogP) is 13.4. The van der Waals surface area contributed by atoms with Gasteiger partial charge >= 0.3 is 17.9 Å². The van der Waals surface area contributed by atoms with E-state index in [2.05, 4.69) is 81.5 Å². The molecule has 0 fully saturated rings. The van der Waals surface area contributed by atoms with Gasteiger partial charge in [0.05, 0.1) is 0 Å². The molecule has 0 saturated carbocycles. The quantitative estimate of drug-likeness (QED) is 0.0274. The normalized spacial score (nSPS) is 12.6. The zero-order valence-corrected chi connectivity index (χ0v) is 33.8. The minimum atomic E-state index is -0.788. The van der Waals surface area contributed by atoms with Crippen molar-refractivity contribution in [3.8, 4) is 0 Å². The summed E-state index contributed by atoms with van der Waals surface area (Å²) >= 11 is 0. The van der Waals surface area contributed by atoms with Gasteiger partial charge in [-0.15, -0.1) is 0 Å². The van der Waals surface area contributed by atoms with E-state index in [1.807, 2.05) is 0 Å². The van der Waals surface area contributed by atoms with Crippen LogP contribution in [-0.4, -0.2) is 37.2 Å². The van der Waals surface area contributed by atoms with E-state index in [0.717, 1.165) is 116 Å². The van der Waals surface area contributed by atoms with Crippen LogP contribution in [0.15, 0.2) is 60.8 Å². The van der Waals surface area contributed by atoms with Crippen LogP contribution in [0, 0.1) is 0 Å². The first kappa shape index (κ1) is 49.1. The minimum absolute atomic E-state index is 0.0895. The average Bonchev–Trinajstić information content (AvgIpc) is 3.14. The molecule has 0 aliphatic rings. The van der Waals surface area contributed by atoms with E-state index < -0.39 is 6.10 Å². The fourth-order valence-electron chi connectivity index (χ4n) is 5.55. The number of allylic oxidation sites excluding steroid dienone is 10. The first-order valence-electron chi connectivity index (χ1n) is 21.3. The van der Waals surface area contributed by atoms with Crippen molar-refractivity contribution in [3.63, 3.8) is 0 Å². The summed E-state index contributed by atoms with van der Waals surface area (Å²) in [5.41, 5.74) is 0. The molecule has 0 aromatic heterocycles. The molecular formula is C46H78O6. The van der Waals surface area contributed by atoms with Crippen molar-refractivity contribution in [2.24, 2.45) is 0 Å². The lowest BCUT2D eigenvalue weighted by Gasteiger charge is -2.18. The smallest absolute Gasteiger partial charge is 0.306 e. The molecule has 0 rings (SSSR count). The highest BCUT2D eigenvalue weighted by molar-refractivity contribution is 5.71. The molecule has 0 heterocycles. The van der Waals surface area contributed by atoms with Gasteiger partial charge in [-0.05, 0) is 77.0 Å². The van der Waals surface area contributed by atoms with Crippen LogP contribution in [0.3, 0.4) is 0 Å². The van der Waals surface area contributed by atoms with Crippen molar-refractivity contribution in [3.05, 3.63) is 60.8 Å². The summed E-state index contributed by atoms with van der Waals surface area (Å²) in [7, 11) is 0.